The van der Waals surface area contributed by atoms with Gasteiger partial charge in [-0.15, -0.1) is 0 Å². The molecule has 0 aliphatic heterocycles. The summed E-state index contributed by atoms with van der Waals surface area (Å²) in [6, 6.07) is 5.77. The van der Waals surface area contributed by atoms with Gasteiger partial charge in [-0.25, -0.2) is 9.97 Å². The maximum absolute atomic E-state index is 5.92. The highest BCUT2D eigenvalue weighted by Gasteiger charge is 2.18. The average Bonchev–Trinajstić information content (AvgIpc) is 2.86. The van der Waals surface area contributed by atoms with Crippen LogP contribution in [0.5, 0.6) is 11.6 Å². The van der Waals surface area contributed by atoms with Crippen molar-refractivity contribution in [2.45, 2.75) is 26.4 Å². The minimum Gasteiger partial charge on any atom is -0.497 e. The molecule has 0 radical (unpaired) electrons. The summed E-state index contributed by atoms with van der Waals surface area (Å²) in [5, 5.41) is 0. The quantitative estimate of drug-likeness (QED) is 0.718. The highest BCUT2D eigenvalue weighted by molar-refractivity contribution is 5.81. The van der Waals surface area contributed by atoms with Crippen molar-refractivity contribution in [2.24, 2.45) is 0 Å². The second kappa shape index (κ2) is 4.37. The Morgan fingerprint density at radius 3 is 2.70 bits per heavy atom. The van der Waals surface area contributed by atoms with Crippen molar-refractivity contribution in [3.05, 3.63) is 30.6 Å². The van der Waals surface area contributed by atoms with Gasteiger partial charge < -0.3 is 9.47 Å². The summed E-state index contributed by atoms with van der Waals surface area (Å²) in [7, 11) is 1.64. The Balaban J connectivity index is 2.29. The second-order valence-electron chi connectivity index (χ2n) is 5.61. The van der Waals surface area contributed by atoms with Crippen LogP contribution in [0.2, 0.25) is 0 Å². The minimum absolute atomic E-state index is 0.327. The zero-order chi connectivity index (χ0) is 14.3. The lowest BCUT2D eigenvalue weighted by molar-refractivity contribution is 0.126. The van der Waals surface area contributed by atoms with Gasteiger partial charge in [0.1, 0.15) is 11.4 Å². The van der Waals surface area contributed by atoms with Gasteiger partial charge in [-0.1, -0.05) is 0 Å². The number of imidazole rings is 1. The summed E-state index contributed by atoms with van der Waals surface area (Å²) in [5.41, 5.74) is 2.18. The summed E-state index contributed by atoms with van der Waals surface area (Å²) in [5.74, 6) is 1.30. The predicted molar refractivity (Wildman–Crippen MR) is 77.4 cm³/mol. The van der Waals surface area contributed by atoms with E-state index in [9.17, 15) is 0 Å². The molecular formula is C15H17N3O2. The predicted octanol–water partition coefficient (Wildman–Crippen LogP) is 3.07. The molecule has 0 saturated carbocycles. The largest absolute Gasteiger partial charge is 0.497 e. The molecule has 0 aliphatic rings. The lowest BCUT2D eigenvalue weighted by Gasteiger charge is -2.21. The van der Waals surface area contributed by atoms with Gasteiger partial charge in [-0.2, -0.15) is 0 Å². The fourth-order valence-corrected chi connectivity index (χ4v) is 2.10. The maximum Gasteiger partial charge on any atom is 0.259 e. The third-order valence-corrected chi connectivity index (χ3v) is 2.90. The van der Waals surface area contributed by atoms with Crippen molar-refractivity contribution in [3.8, 4) is 11.6 Å². The first-order valence-electron chi connectivity index (χ1n) is 6.48. The van der Waals surface area contributed by atoms with Crippen molar-refractivity contribution < 1.29 is 9.47 Å². The summed E-state index contributed by atoms with van der Waals surface area (Å²) >= 11 is 0. The van der Waals surface area contributed by atoms with Crippen LogP contribution in [0.25, 0.3) is 16.7 Å². The van der Waals surface area contributed by atoms with Gasteiger partial charge in [0.15, 0.2) is 0 Å². The summed E-state index contributed by atoms with van der Waals surface area (Å²) < 4.78 is 13.1. The van der Waals surface area contributed by atoms with Crippen LogP contribution >= 0.6 is 0 Å². The van der Waals surface area contributed by atoms with Crippen molar-refractivity contribution in [1.82, 2.24) is 14.4 Å². The zero-order valence-electron chi connectivity index (χ0n) is 12.0. The van der Waals surface area contributed by atoms with E-state index in [2.05, 4.69) is 9.97 Å². The van der Waals surface area contributed by atoms with Crippen molar-refractivity contribution in [1.29, 1.82) is 0 Å². The molecule has 5 heteroatoms. The van der Waals surface area contributed by atoms with Crippen molar-refractivity contribution in [3.63, 3.8) is 0 Å². The third kappa shape index (κ3) is 2.15. The van der Waals surface area contributed by atoms with Crippen molar-refractivity contribution >= 4 is 16.7 Å². The first-order chi connectivity index (χ1) is 9.48. The molecule has 1 aromatic carbocycles. The van der Waals surface area contributed by atoms with Crippen LogP contribution in [0.4, 0.5) is 0 Å². The number of hydrogen-bond donors (Lipinski definition) is 0. The highest BCUT2D eigenvalue weighted by atomic mass is 16.5. The summed E-state index contributed by atoms with van der Waals surface area (Å²) in [4.78, 5) is 8.92. The molecule has 3 rings (SSSR count). The molecule has 0 N–H and O–H groups in total. The van der Waals surface area contributed by atoms with Gasteiger partial charge in [0.05, 0.1) is 18.1 Å². The van der Waals surface area contributed by atoms with Crippen LogP contribution in [-0.4, -0.2) is 27.1 Å². The molecule has 0 amide bonds. The van der Waals surface area contributed by atoms with E-state index in [1.54, 1.807) is 13.3 Å². The number of nitrogens with zero attached hydrogens (tertiary/aromatic N) is 3. The van der Waals surface area contributed by atoms with Crippen molar-refractivity contribution in [2.75, 3.05) is 7.11 Å². The topological polar surface area (TPSA) is 48.7 Å². The van der Waals surface area contributed by atoms with E-state index < -0.39 is 0 Å². The number of ether oxygens (including phenoxy) is 2. The summed E-state index contributed by atoms with van der Waals surface area (Å²) in [6.07, 6.45) is 3.65. The molecule has 5 nitrogen and oxygen atoms in total. The van der Waals surface area contributed by atoms with Gasteiger partial charge in [-0.3, -0.25) is 4.40 Å². The standard InChI is InChI=1S/C15H17N3O2/c1-15(2,3)20-14-13-16-7-8-18(13)12-6-5-10(19-4)9-11(12)17-14/h5-9H,1-4H3. The Morgan fingerprint density at radius 2 is 2.00 bits per heavy atom. The van der Waals surface area contributed by atoms with Crippen LogP contribution in [0, 0.1) is 0 Å². The molecule has 0 atom stereocenters. The molecular weight excluding hydrogens is 254 g/mol. The van der Waals surface area contributed by atoms with Gasteiger partial charge in [-0.05, 0) is 32.9 Å². The number of rotatable bonds is 2. The second-order valence-corrected chi connectivity index (χ2v) is 5.61. The Bertz CT molecular complexity index is 772. The molecule has 0 unspecified atom stereocenters. The van der Waals surface area contributed by atoms with Crippen LogP contribution in [0.1, 0.15) is 20.8 Å². The first kappa shape index (κ1) is 12.7. The molecule has 0 bridgehead atoms. The molecule has 3 aromatic rings. The molecule has 2 heterocycles. The smallest absolute Gasteiger partial charge is 0.259 e. The first-order valence-corrected chi connectivity index (χ1v) is 6.48. The fraction of sp³-hybridized carbons (Fsp3) is 0.333. The van der Waals surface area contributed by atoms with E-state index in [1.165, 1.54) is 0 Å². The van der Waals surface area contributed by atoms with E-state index in [1.807, 2.05) is 49.6 Å². The normalized spacial score (nSPS) is 12.0. The van der Waals surface area contributed by atoms with Gasteiger partial charge in [0.2, 0.25) is 5.65 Å². The SMILES string of the molecule is COc1ccc2c(c1)nc(OC(C)(C)C)c1nccn12. The monoisotopic (exact) mass is 271 g/mol. The maximum atomic E-state index is 5.92. The lowest BCUT2D eigenvalue weighted by atomic mass is 10.2. The molecule has 0 aliphatic carbocycles. The molecule has 0 saturated heterocycles. The number of hydrogen-bond acceptors (Lipinski definition) is 4. The Labute approximate surface area is 117 Å². The number of fused-ring (bicyclic) bond motifs is 3. The van der Waals surface area contributed by atoms with Gasteiger partial charge in [0, 0.05) is 18.5 Å². The van der Waals surface area contributed by atoms with E-state index in [0.29, 0.717) is 5.88 Å². The van der Waals surface area contributed by atoms with Crippen LogP contribution in [0.3, 0.4) is 0 Å². The lowest BCUT2D eigenvalue weighted by Crippen LogP contribution is -2.24. The van der Waals surface area contributed by atoms with E-state index >= 15 is 0 Å². The van der Waals surface area contributed by atoms with Crippen LogP contribution < -0.4 is 9.47 Å². The van der Waals surface area contributed by atoms with Crippen LogP contribution in [-0.2, 0) is 0 Å². The molecule has 0 fully saturated rings. The fourth-order valence-electron chi connectivity index (χ4n) is 2.10. The number of aromatic nitrogens is 3. The van der Waals surface area contributed by atoms with Gasteiger partial charge >= 0.3 is 0 Å². The van der Waals surface area contributed by atoms with E-state index in [4.69, 9.17) is 9.47 Å². The van der Waals surface area contributed by atoms with Crippen LogP contribution in [0.15, 0.2) is 30.6 Å². The Kier molecular flexibility index (Phi) is 2.78. The molecule has 104 valence electrons. The third-order valence-electron chi connectivity index (χ3n) is 2.90. The molecule has 0 spiro atoms. The van der Waals surface area contributed by atoms with E-state index in [0.717, 1.165) is 22.4 Å². The average molecular weight is 271 g/mol. The Hall–Kier alpha value is -2.30. The number of benzene rings is 1. The Morgan fingerprint density at radius 1 is 1.20 bits per heavy atom. The zero-order valence-corrected chi connectivity index (χ0v) is 12.0. The molecule has 2 aromatic heterocycles. The summed E-state index contributed by atoms with van der Waals surface area (Å²) in [6.45, 7) is 5.97. The molecule has 20 heavy (non-hydrogen) atoms. The van der Waals surface area contributed by atoms with Gasteiger partial charge in [0.25, 0.3) is 5.88 Å². The highest BCUT2D eigenvalue weighted by Crippen LogP contribution is 2.27. The number of methoxy groups -OCH3 is 1. The minimum atomic E-state index is -0.327. The van der Waals surface area contributed by atoms with E-state index in [-0.39, 0.29) is 5.60 Å².